The van der Waals surface area contributed by atoms with E-state index >= 15 is 0 Å². The van der Waals surface area contributed by atoms with E-state index in [2.05, 4.69) is 15.0 Å². The molecule has 0 aliphatic carbocycles. The number of rotatable bonds is 4. The van der Waals surface area contributed by atoms with E-state index in [9.17, 15) is 4.79 Å². The van der Waals surface area contributed by atoms with Crippen molar-refractivity contribution in [1.82, 2.24) is 19.7 Å². The van der Waals surface area contributed by atoms with Gasteiger partial charge in [0.1, 0.15) is 0 Å². The Morgan fingerprint density at radius 2 is 2.04 bits per heavy atom. The minimum absolute atomic E-state index is 0.137. The van der Waals surface area contributed by atoms with Gasteiger partial charge >= 0.3 is 0 Å². The molecule has 128 valence electrons. The number of aryl methyl sites for hydroxylation is 1. The second kappa shape index (κ2) is 7.03. The van der Waals surface area contributed by atoms with Crippen molar-refractivity contribution < 1.29 is 4.79 Å². The number of aromatic nitrogens is 3. The number of anilines is 1. The molecule has 6 heteroatoms. The number of amides is 1. The lowest BCUT2D eigenvalue weighted by Gasteiger charge is -2.35. The van der Waals surface area contributed by atoms with Crippen molar-refractivity contribution in [3.05, 3.63) is 36.4 Å². The summed E-state index contributed by atoms with van der Waals surface area (Å²) in [5, 5.41) is 4.42. The number of pyridine rings is 1. The van der Waals surface area contributed by atoms with E-state index in [0.717, 1.165) is 49.4 Å². The van der Waals surface area contributed by atoms with Gasteiger partial charge in [-0.1, -0.05) is 0 Å². The molecule has 0 bridgehead atoms. The van der Waals surface area contributed by atoms with Crippen LogP contribution >= 0.6 is 0 Å². The van der Waals surface area contributed by atoms with Crippen molar-refractivity contribution >= 4 is 11.6 Å². The Kier molecular flexibility index (Phi) is 4.83. The van der Waals surface area contributed by atoms with Gasteiger partial charge in [0.15, 0.2) is 0 Å². The zero-order valence-electron chi connectivity index (χ0n) is 14.6. The van der Waals surface area contributed by atoms with Crippen LogP contribution in [0.5, 0.6) is 0 Å². The van der Waals surface area contributed by atoms with Crippen molar-refractivity contribution in [1.29, 1.82) is 0 Å². The van der Waals surface area contributed by atoms with Crippen molar-refractivity contribution in [2.45, 2.75) is 26.7 Å². The first kappa shape index (κ1) is 16.5. The van der Waals surface area contributed by atoms with Crippen molar-refractivity contribution in [3.8, 4) is 5.69 Å². The third-order valence-corrected chi connectivity index (χ3v) is 4.77. The van der Waals surface area contributed by atoms with Crippen LogP contribution < -0.4 is 4.90 Å². The molecule has 0 N–H and O–H groups in total. The van der Waals surface area contributed by atoms with Gasteiger partial charge in [0.05, 0.1) is 23.8 Å². The van der Waals surface area contributed by atoms with E-state index in [1.807, 2.05) is 55.1 Å². The average molecular weight is 327 g/mol. The Balaban J connectivity index is 1.75. The smallest absolute Gasteiger partial charge is 0.225 e. The molecular formula is C18H25N5O. The Morgan fingerprint density at radius 1 is 1.29 bits per heavy atom. The number of piperidine rings is 1. The monoisotopic (exact) mass is 327 g/mol. The summed E-state index contributed by atoms with van der Waals surface area (Å²) in [6, 6.07) is 1.99. The lowest BCUT2D eigenvalue weighted by Crippen LogP contribution is -2.41. The highest BCUT2D eigenvalue weighted by Crippen LogP contribution is 2.28. The van der Waals surface area contributed by atoms with Crippen molar-refractivity contribution in [2.75, 3.05) is 31.6 Å². The second-order valence-electron chi connectivity index (χ2n) is 6.44. The molecule has 0 aromatic carbocycles. The molecule has 0 radical (unpaired) electrons. The Morgan fingerprint density at radius 3 is 2.67 bits per heavy atom. The summed E-state index contributed by atoms with van der Waals surface area (Å²) in [6.45, 7) is 6.55. The Bertz CT molecular complexity index is 703. The predicted octanol–water partition coefficient (Wildman–Crippen LogP) is 2.27. The molecule has 3 heterocycles. The van der Waals surface area contributed by atoms with E-state index in [4.69, 9.17) is 0 Å². The minimum atomic E-state index is 0.137. The molecule has 2 aromatic heterocycles. The highest BCUT2D eigenvalue weighted by molar-refractivity contribution is 5.79. The summed E-state index contributed by atoms with van der Waals surface area (Å²) in [7, 11) is 1.88. The zero-order chi connectivity index (χ0) is 17.1. The molecule has 1 aliphatic rings. The average Bonchev–Trinajstić information content (AvgIpc) is 3.07. The summed E-state index contributed by atoms with van der Waals surface area (Å²) >= 11 is 0. The molecule has 1 amide bonds. The summed E-state index contributed by atoms with van der Waals surface area (Å²) in [6.07, 6.45) is 9.33. The van der Waals surface area contributed by atoms with Gasteiger partial charge in [-0.05, 0) is 38.3 Å². The van der Waals surface area contributed by atoms with E-state index in [-0.39, 0.29) is 11.8 Å². The lowest BCUT2D eigenvalue weighted by atomic mass is 9.95. The molecule has 6 nitrogen and oxygen atoms in total. The molecule has 0 unspecified atom stereocenters. The second-order valence-corrected chi connectivity index (χ2v) is 6.44. The minimum Gasteiger partial charge on any atom is -0.368 e. The molecule has 24 heavy (non-hydrogen) atoms. The zero-order valence-corrected chi connectivity index (χ0v) is 14.6. The van der Waals surface area contributed by atoms with Crippen LogP contribution in [0.2, 0.25) is 0 Å². The van der Waals surface area contributed by atoms with Crippen LogP contribution in [0.1, 0.15) is 25.3 Å². The fourth-order valence-electron chi connectivity index (χ4n) is 3.20. The van der Waals surface area contributed by atoms with E-state index in [1.54, 1.807) is 6.20 Å². The molecule has 0 atom stereocenters. The first-order valence-corrected chi connectivity index (χ1v) is 8.55. The highest BCUT2D eigenvalue weighted by atomic mass is 16.2. The topological polar surface area (TPSA) is 54.3 Å². The maximum Gasteiger partial charge on any atom is 0.225 e. The van der Waals surface area contributed by atoms with Gasteiger partial charge in [-0.2, -0.15) is 5.10 Å². The molecule has 3 rings (SSSR count). The lowest BCUT2D eigenvalue weighted by molar-refractivity contribution is -0.134. The highest BCUT2D eigenvalue weighted by Gasteiger charge is 2.27. The standard InChI is InChI=1S/C18H25N5O/c1-4-21(3)18(24)15-6-9-22(10-7-15)17-12-19-8-5-16(17)23-13-14(2)11-20-23/h5,8,11-13,15H,4,6-7,9-10H2,1-3H3. The summed E-state index contributed by atoms with van der Waals surface area (Å²) in [5.41, 5.74) is 3.24. The van der Waals surface area contributed by atoms with Crippen LogP contribution in [0.15, 0.2) is 30.9 Å². The molecule has 2 aromatic rings. The van der Waals surface area contributed by atoms with Gasteiger partial charge in [-0.15, -0.1) is 0 Å². The molecule has 0 saturated carbocycles. The maximum absolute atomic E-state index is 12.3. The van der Waals surface area contributed by atoms with Crippen LogP contribution in [-0.4, -0.2) is 52.3 Å². The Hall–Kier alpha value is -2.37. The summed E-state index contributed by atoms with van der Waals surface area (Å²) in [5.74, 6) is 0.407. The molecule has 1 saturated heterocycles. The van der Waals surface area contributed by atoms with Crippen molar-refractivity contribution in [3.63, 3.8) is 0 Å². The van der Waals surface area contributed by atoms with Crippen LogP contribution in [0.25, 0.3) is 5.69 Å². The SMILES string of the molecule is CCN(C)C(=O)C1CCN(c2cnccc2-n2cc(C)cn2)CC1. The third kappa shape index (κ3) is 3.27. The molecular weight excluding hydrogens is 302 g/mol. The van der Waals surface area contributed by atoms with Gasteiger partial charge in [-0.3, -0.25) is 9.78 Å². The maximum atomic E-state index is 12.3. The number of hydrogen-bond donors (Lipinski definition) is 0. The van der Waals surface area contributed by atoms with Gasteiger partial charge in [0.2, 0.25) is 5.91 Å². The Labute approximate surface area is 143 Å². The normalized spacial score (nSPS) is 15.5. The largest absolute Gasteiger partial charge is 0.368 e. The fourth-order valence-corrected chi connectivity index (χ4v) is 3.20. The van der Waals surface area contributed by atoms with E-state index in [0.29, 0.717) is 0 Å². The van der Waals surface area contributed by atoms with Crippen LogP contribution in [0.3, 0.4) is 0 Å². The van der Waals surface area contributed by atoms with E-state index < -0.39 is 0 Å². The number of carbonyl (C=O) groups excluding carboxylic acids is 1. The number of nitrogens with zero attached hydrogens (tertiary/aromatic N) is 5. The quantitative estimate of drug-likeness (QED) is 0.864. The van der Waals surface area contributed by atoms with Crippen LogP contribution in [0, 0.1) is 12.8 Å². The van der Waals surface area contributed by atoms with Crippen LogP contribution in [-0.2, 0) is 4.79 Å². The molecule has 1 aliphatic heterocycles. The van der Waals surface area contributed by atoms with Crippen LogP contribution in [0.4, 0.5) is 5.69 Å². The molecule has 0 spiro atoms. The summed E-state index contributed by atoms with van der Waals surface area (Å²) < 4.78 is 1.90. The summed E-state index contributed by atoms with van der Waals surface area (Å²) in [4.78, 5) is 20.8. The van der Waals surface area contributed by atoms with Gasteiger partial charge in [0, 0.05) is 45.0 Å². The number of hydrogen-bond acceptors (Lipinski definition) is 4. The van der Waals surface area contributed by atoms with Gasteiger partial charge in [0.25, 0.3) is 0 Å². The third-order valence-electron chi connectivity index (χ3n) is 4.77. The van der Waals surface area contributed by atoms with E-state index in [1.165, 1.54) is 0 Å². The predicted molar refractivity (Wildman–Crippen MR) is 94.3 cm³/mol. The molecule has 1 fully saturated rings. The van der Waals surface area contributed by atoms with Crippen molar-refractivity contribution in [2.24, 2.45) is 5.92 Å². The first-order chi connectivity index (χ1) is 11.6. The first-order valence-electron chi connectivity index (χ1n) is 8.55. The fraction of sp³-hybridized carbons (Fsp3) is 0.500. The number of carbonyl (C=O) groups is 1. The van der Waals surface area contributed by atoms with Gasteiger partial charge < -0.3 is 9.80 Å². The van der Waals surface area contributed by atoms with Gasteiger partial charge in [-0.25, -0.2) is 4.68 Å².